The highest BCUT2D eigenvalue weighted by Gasteiger charge is 2.13. The summed E-state index contributed by atoms with van der Waals surface area (Å²) >= 11 is 1.59. The van der Waals surface area contributed by atoms with E-state index in [0.29, 0.717) is 31.2 Å². The summed E-state index contributed by atoms with van der Waals surface area (Å²) in [6.45, 7) is 2.50. The Morgan fingerprint density at radius 2 is 1.80 bits per heavy atom. The Labute approximate surface area is 208 Å². The normalized spacial score (nSPS) is 11.3. The van der Waals surface area contributed by atoms with Gasteiger partial charge in [-0.3, -0.25) is 4.79 Å². The first-order valence-electron chi connectivity index (χ1n) is 11.2. The van der Waals surface area contributed by atoms with Gasteiger partial charge < -0.3 is 18.7 Å². The molecule has 0 N–H and O–H groups in total. The summed E-state index contributed by atoms with van der Waals surface area (Å²) in [6.07, 6.45) is 0.665. The van der Waals surface area contributed by atoms with Crippen LogP contribution in [0.15, 0.2) is 81.7 Å². The van der Waals surface area contributed by atoms with Crippen molar-refractivity contribution in [2.24, 2.45) is 5.16 Å². The van der Waals surface area contributed by atoms with E-state index in [1.54, 1.807) is 11.3 Å². The Morgan fingerprint density at radius 1 is 1.00 bits per heavy atom. The fourth-order valence-corrected chi connectivity index (χ4v) is 3.93. The molecular formula is C27H26N2O5S. The van der Waals surface area contributed by atoms with E-state index in [-0.39, 0.29) is 12.4 Å². The standard InChI is InChI=1S/C27H26N2O5S/c1-19-24(28-27(34-19)25-9-6-16-35-25)18-32-22-12-10-20(11-13-22)17-33-29-23(14-15-26(30)31-2)21-7-4-3-5-8-21/h3-13,16H,14-15,17-18H2,1-2H3/b29-23-. The van der Waals surface area contributed by atoms with Gasteiger partial charge >= 0.3 is 5.97 Å². The minimum absolute atomic E-state index is 0.236. The number of hydrogen-bond acceptors (Lipinski definition) is 8. The lowest BCUT2D eigenvalue weighted by molar-refractivity contribution is -0.140. The van der Waals surface area contributed by atoms with Crippen molar-refractivity contribution in [3.05, 3.63) is 94.7 Å². The van der Waals surface area contributed by atoms with Crippen molar-refractivity contribution in [2.75, 3.05) is 7.11 Å². The number of carbonyl (C=O) groups excluding carboxylic acids is 1. The summed E-state index contributed by atoms with van der Waals surface area (Å²) < 4.78 is 16.4. The molecule has 2 aromatic carbocycles. The molecule has 2 aromatic heterocycles. The third-order valence-corrected chi connectivity index (χ3v) is 6.09. The third kappa shape index (κ3) is 6.80. The maximum atomic E-state index is 11.6. The van der Waals surface area contributed by atoms with Crippen LogP contribution in [0.5, 0.6) is 5.75 Å². The van der Waals surface area contributed by atoms with Crippen LogP contribution in [0.4, 0.5) is 0 Å². The molecule has 4 aromatic rings. The summed E-state index contributed by atoms with van der Waals surface area (Å²) in [5.41, 5.74) is 3.32. The molecule has 35 heavy (non-hydrogen) atoms. The lowest BCUT2D eigenvalue weighted by Crippen LogP contribution is -2.08. The number of thiophene rings is 1. The highest BCUT2D eigenvalue weighted by Crippen LogP contribution is 2.26. The average Bonchev–Trinajstić information content (AvgIpc) is 3.56. The fraction of sp³-hybridized carbons (Fsp3) is 0.222. The number of carbonyl (C=O) groups is 1. The van der Waals surface area contributed by atoms with Crippen molar-refractivity contribution >= 4 is 23.0 Å². The number of ether oxygens (including phenoxy) is 2. The van der Waals surface area contributed by atoms with Crippen LogP contribution >= 0.6 is 11.3 Å². The average molecular weight is 491 g/mol. The molecule has 0 fully saturated rings. The second-order valence-electron chi connectivity index (χ2n) is 7.69. The fourth-order valence-electron chi connectivity index (χ4n) is 3.28. The van der Waals surface area contributed by atoms with Crippen molar-refractivity contribution in [3.8, 4) is 16.5 Å². The zero-order valence-corrected chi connectivity index (χ0v) is 20.4. The molecule has 0 radical (unpaired) electrons. The summed E-state index contributed by atoms with van der Waals surface area (Å²) in [7, 11) is 1.38. The molecule has 2 heterocycles. The van der Waals surface area contributed by atoms with Crippen LogP contribution in [0.25, 0.3) is 10.8 Å². The molecule has 8 heteroatoms. The lowest BCUT2D eigenvalue weighted by Gasteiger charge is -2.08. The van der Waals surface area contributed by atoms with Gasteiger partial charge in [-0.25, -0.2) is 4.98 Å². The maximum Gasteiger partial charge on any atom is 0.305 e. The molecule has 180 valence electrons. The molecule has 4 rings (SSSR count). The number of rotatable bonds is 11. The summed E-state index contributed by atoms with van der Waals surface area (Å²) in [6, 6.07) is 21.2. The number of nitrogens with zero attached hydrogens (tertiary/aromatic N) is 2. The van der Waals surface area contributed by atoms with Gasteiger partial charge in [0.05, 0.1) is 24.1 Å². The predicted octanol–water partition coefficient (Wildman–Crippen LogP) is 6.16. The van der Waals surface area contributed by atoms with Crippen molar-refractivity contribution in [2.45, 2.75) is 33.0 Å². The zero-order chi connectivity index (χ0) is 24.5. The molecule has 0 bridgehead atoms. The number of benzene rings is 2. The molecule has 0 spiro atoms. The van der Waals surface area contributed by atoms with Gasteiger partial charge in [0.1, 0.15) is 30.4 Å². The first-order valence-corrected chi connectivity index (χ1v) is 12.0. The predicted molar refractivity (Wildman–Crippen MR) is 134 cm³/mol. The Balaban J connectivity index is 1.32. The van der Waals surface area contributed by atoms with E-state index in [4.69, 9.17) is 18.7 Å². The van der Waals surface area contributed by atoms with Gasteiger partial charge in [0.2, 0.25) is 5.89 Å². The second-order valence-corrected chi connectivity index (χ2v) is 8.63. The number of aromatic nitrogens is 1. The Bertz CT molecular complexity index is 1250. The lowest BCUT2D eigenvalue weighted by atomic mass is 10.1. The quantitative estimate of drug-likeness (QED) is 0.142. The minimum atomic E-state index is -0.284. The smallest absolute Gasteiger partial charge is 0.305 e. The van der Waals surface area contributed by atoms with E-state index in [1.807, 2.05) is 79.0 Å². The Morgan fingerprint density at radius 3 is 2.51 bits per heavy atom. The van der Waals surface area contributed by atoms with Gasteiger partial charge in [-0.1, -0.05) is 53.7 Å². The van der Waals surface area contributed by atoms with E-state index >= 15 is 0 Å². The topological polar surface area (TPSA) is 83.2 Å². The Hall–Kier alpha value is -3.91. The van der Waals surface area contributed by atoms with Crippen LogP contribution in [-0.2, 0) is 27.6 Å². The number of methoxy groups -OCH3 is 1. The largest absolute Gasteiger partial charge is 0.487 e. The number of esters is 1. The Kier molecular flexibility index (Phi) is 8.30. The SMILES string of the molecule is COC(=O)CC/C(=N/OCc1ccc(OCc2nc(-c3cccs3)oc2C)cc1)c1ccccc1. The molecule has 7 nitrogen and oxygen atoms in total. The molecular weight excluding hydrogens is 464 g/mol. The van der Waals surface area contributed by atoms with Crippen molar-refractivity contribution < 1.29 is 23.5 Å². The van der Waals surface area contributed by atoms with Gasteiger partial charge in [-0.2, -0.15) is 0 Å². The highest BCUT2D eigenvalue weighted by atomic mass is 32.1. The first kappa shape index (κ1) is 24.2. The van der Waals surface area contributed by atoms with Gasteiger partial charge in [-0.15, -0.1) is 11.3 Å². The number of oxime groups is 1. The van der Waals surface area contributed by atoms with Crippen LogP contribution < -0.4 is 4.74 Å². The van der Waals surface area contributed by atoms with Gasteiger partial charge in [0, 0.05) is 6.42 Å². The van der Waals surface area contributed by atoms with Crippen LogP contribution in [0, 0.1) is 6.92 Å². The second kappa shape index (κ2) is 12.0. The van der Waals surface area contributed by atoms with Crippen molar-refractivity contribution in [3.63, 3.8) is 0 Å². The number of oxazole rings is 1. The van der Waals surface area contributed by atoms with Crippen LogP contribution in [0.1, 0.15) is 35.4 Å². The molecule has 0 aliphatic carbocycles. The van der Waals surface area contributed by atoms with Gasteiger partial charge in [0.25, 0.3) is 0 Å². The number of hydrogen-bond donors (Lipinski definition) is 0. The van der Waals surface area contributed by atoms with Crippen LogP contribution in [0.2, 0.25) is 0 Å². The van der Waals surface area contributed by atoms with Gasteiger partial charge in [-0.05, 0) is 41.6 Å². The maximum absolute atomic E-state index is 11.6. The van der Waals surface area contributed by atoms with Crippen molar-refractivity contribution in [1.29, 1.82) is 0 Å². The molecule has 0 saturated carbocycles. The molecule has 0 atom stereocenters. The van der Waals surface area contributed by atoms with E-state index < -0.39 is 0 Å². The van der Waals surface area contributed by atoms with E-state index in [9.17, 15) is 4.79 Å². The molecule has 0 amide bonds. The summed E-state index contributed by atoms with van der Waals surface area (Å²) in [5, 5.41) is 6.28. The number of aryl methyl sites for hydroxylation is 1. The van der Waals surface area contributed by atoms with Crippen LogP contribution in [-0.4, -0.2) is 23.8 Å². The third-order valence-electron chi connectivity index (χ3n) is 5.23. The minimum Gasteiger partial charge on any atom is -0.487 e. The van der Waals surface area contributed by atoms with Crippen molar-refractivity contribution in [1.82, 2.24) is 4.98 Å². The zero-order valence-electron chi connectivity index (χ0n) is 19.6. The molecule has 0 unspecified atom stereocenters. The molecule has 0 aliphatic heterocycles. The monoisotopic (exact) mass is 490 g/mol. The van der Waals surface area contributed by atoms with E-state index in [2.05, 4.69) is 10.1 Å². The van der Waals surface area contributed by atoms with E-state index in [1.165, 1.54) is 7.11 Å². The van der Waals surface area contributed by atoms with E-state index in [0.717, 1.165) is 33.2 Å². The molecule has 0 aliphatic rings. The summed E-state index contributed by atoms with van der Waals surface area (Å²) in [5.74, 6) is 1.80. The first-order chi connectivity index (χ1) is 17.1. The van der Waals surface area contributed by atoms with Gasteiger partial charge in [0.15, 0.2) is 0 Å². The molecule has 0 saturated heterocycles. The highest BCUT2D eigenvalue weighted by molar-refractivity contribution is 7.13. The van der Waals surface area contributed by atoms with Crippen LogP contribution in [0.3, 0.4) is 0 Å². The summed E-state index contributed by atoms with van der Waals surface area (Å²) in [4.78, 5) is 22.7.